The number of hydrogen-bond acceptors (Lipinski definition) is 3. The second-order valence-electron chi connectivity index (χ2n) is 4.89. The highest BCUT2D eigenvalue weighted by Crippen LogP contribution is 2.18. The maximum absolute atomic E-state index is 12.5. The van der Waals surface area contributed by atoms with Gasteiger partial charge in [0.25, 0.3) is 0 Å². The molecule has 0 aromatic heterocycles. The van der Waals surface area contributed by atoms with Gasteiger partial charge in [-0.15, -0.1) is 0 Å². The SMILES string of the molecule is Cc1ccc(CN(C)S(=O)(=O)c2cccc(C#N)c2)cc1. The number of sulfonamides is 1. The first kappa shape index (κ1) is 15.2. The van der Waals surface area contributed by atoms with Crippen molar-refractivity contribution < 1.29 is 8.42 Å². The van der Waals surface area contributed by atoms with Crippen molar-refractivity contribution in [3.63, 3.8) is 0 Å². The van der Waals surface area contributed by atoms with Gasteiger partial charge in [-0.2, -0.15) is 9.57 Å². The predicted octanol–water partition coefficient (Wildman–Crippen LogP) is 2.69. The monoisotopic (exact) mass is 300 g/mol. The van der Waals surface area contributed by atoms with Crippen molar-refractivity contribution in [2.45, 2.75) is 18.4 Å². The zero-order valence-electron chi connectivity index (χ0n) is 11.9. The van der Waals surface area contributed by atoms with Gasteiger partial charge in [0.1, 0.15) is 0 Å². The van der Waals surface area contributed by atoms with Gasteiger partial charge in [-0.25, -0.2) is 8.42 Å². The number of hydrogen-bond donors (Lipinski definition) is 0. The first-order chi connectivity index (χ1) is 9.93. The highest BCUT2D eigenvalue weighted by molar-refractivity contribution is 7.89. The molecule has 0 amide bonds. The summed E-state index contributed by atoms with van der Waals surface area (Å²) in [5.74, 6) is 0. The van der Waals surface area contributed by atoms with Crippen LogP contribution in [0.3, 0.4) is 0 Å². The third kappa shape index (κ3) is 3.48. The van der Waals surface area contributed by atoms with E-state index in [1.807, 2.05) is 37.3 Å². The molecule has 108 valence electrons. The zero-order valence-corrected chi connectivity index (χ0v) is 12.8. The first-order valence-electron chi connectivity index (χ1n) is 6.45. The summed E-state index contributed by atoms with van der Waals surface area (Å²) >= 11 is 0. The maximum atomic E-state index is 12.5. The van der Waals surface area contributed by atoms with Crippen molar-refractivity contribution >= 4 is 10.0 Å². The molecular formula is C16H16N2O2S. The Labute approximate surface area is 125 Å². The largest absolute Gasteiger partial charge is 0.243 e. The van der Waals surface area contributed by atoms with E-state index in [0.717, 1.165) is 11.1 Å². The summed E-state index contributed by atoms with van der Waals surface area (Å²) in [6, 6.07) is 15.7. The van der Waals surface area contributed by atoms with E-state index in [4.69, 9.17) is 5.26 Å². The van der Waals surface area contributed by atoms with E-state index in [-0.39, 0.29) is 4.90 Å². The molecule has 21 heavy (non-hydrogen) atoms. The van der Waals surface area contributed by atoms with Crippen LogP contribution in [0.5, 0.6) is 0 Å². The Morgan fingerprint density at radius 1 is 1.14 bits per heavy atom. The molecular weight excluding hydrogens is 284 g/mol. The zero-order chi connectivity index (χ0) is 15.5. The molecule has 0 heterocycles. The number of aryl methyl sites for hydroxylation is 1. The van der Waals surface area contributed by atoms with Gasteiger partial charge in [-0.05, 0) is 30.7 Å². The summed E-state index contributed by atoms with van der Waals surface area (Å²) in [6.07, 6.45) is 0. The van der Waals surface area contributed by atoms with Crippen molar-refractivity contribution in [2.75, 3.05) is 7.05 Å². The lowest BCUT2D eigenvalue weighted by atomic mass is 10.1. The van der Waals surface area contributed by atoms with Gasteiger partial charge in [0.2, 0.25) is 10.0 Å². The molecule has 0 saturated carbocycles. The Morgan fingerprint density at radius 2 is 1.81 bits per heavy atom. The predicted molar refractivity (Wildman–Crippen MR) is 81.0 cm³/mol. The van der Waals surface area contributed by atoms with Gasteiger partial charge in [-0.3, -0.25) is 0 Å². The average molecular weight is 300 g/mol. The van der Waals surface area contributed by atoms with Crippen molar-refractivity contribution in [3.05, 3.63) is 65.2 Å². The molecule has 2 rings (SSSR count). The van der Waals surface area contributed by atoms with Crippen LogP contribution < -0.4 is 0 Å². The molecule has 0 unspecified atom stereocenters. The molecule has 0 atom stereocenters. The molecule has 0 radical (unpaired) electrons. The number of benzene rings is 2. The summed E-state index contributed by atoms with van der Waals surface area (Å²) in [7, 11) is -2.06. The lowest BCUT2D eigenvalue weighted by Gasteiger charge is -2.17. The minimum atomic E-state index is -3.60. The fraction of sp³-hybridized carbons (Fsp3) is 0.188. The minimum Gasteiger partial charge on any atom is -0.207 e. The lowest BCUT2D eigenvalue weighted by molar-refractivity contribution is 0.466. The molecule has 2 aromatic carbocycles. The van der Waals surface area contributed by atoms with Crippen LogP contribution >= 0.6 is 0 Å². The molecule has 0 aliphatic heterocycles. The van der Waals surface area contributed by atoms with Crippen LogP contribution in [0.1, 0.15) is 16.7 Å². The van der Waals surface area contributed by atoms with Gasteiger partial charge in [0.05, 0.1) is 16.5 Å². The summed E-state index contributed by atoms with van der Waals surface area (Å²) < 4.78 is 26.3. The first-order valence-corrected chi connectivity index (χ1v) is 7.89. The number of nitriles is 1. The normalized spacial score (nSPS) is 11.3. The molecule has 5 heteroatoms. The Morgan fingerprint density at radius 3 is 2.43 bits per heavy atom. The molecule has 4 nitrogen and oxygen atoms in total. The van der Waals surface area contributed by atoms with Crippen LogP contribution in [0.25, 0.3) is 0 Å². The topological polar surface area (TPSA) is 61.2 Å². The number of nitrogens with zero attached hydrogens (tertiary/aromatic N) is 2. The maximum Gasteiger partial charge on any atom is 0.243 e. The summed E-state index contributed by atoms with van der Waals surface area (Å²) in [5.41, 5.74) is 2.38. The van der Waals surface area contributed by atoms with E-state index in [9.17, 15) is 8.42 Å². The van der Waals surface area contributed by atoms with Gasteiger partial charge < -0.3 is 0 Å². The third-order valence-corrected chi connectivity index (χ3v) is 5.00. The molecule has 2 aromatic rings. The second-order valence-corrected chi connectivity index (χ2v) is 6.93. The van der Waals surface area contributed by atoms with E-state index in [1.54, 1.807) is 12.1 Å². The second kappa shape index (κ2) is 6.08. The van der Waals surface area contributed by atoms with Crippen molar-refractivity contribution in [3.8, 4) is 6.07 Å². The summed E-state index contributed by atoms with van der Waals surface area (Å²) in [5, 5.41) is 8.87. The van der Waals surface area contributed by atoms with Crippen LogP contribution in [-0.4, -0.2) is 19.8 Å². The smallest absolute Gasteiger partial charge is 0.207 e. The molecule has 0 saturated heterocycles. The van der Waals surface area contributed by atoms with Crippen LogP contribution in [-0.2, 0) is 16.6 Å². The van der Waals surface area contributed by atoms with Crippen LogP contribution in [0.4, 0.5) is 0 Å². The van der Waals surface area contributed by atoms with E-state index >= 15 is 0 Å². The van der Waals surface area contributed by atoms with E-state index in [2.05, 4.69) is 0 Å². The summed E-state index contributed by atoms with van der Waals surface area (Å²) in [6.45, 7) is 2.27. The standard InChI is InChI=1S/C16H16N2O2S/c1-13-6-8-14(9-7-13)12-18(2)21(19,20)16-5-3-4-15(10-16)11-17/h3-10H,12H2,1-2H3. The Kier molecular flexibility index (Phi) is 4.41. The van der Waals surface area contributed by atoms with Gasteiger partial charge in [0.15, 0.2) is 0 Å². The van der Waals surface area contributed by atoms with E-state index < -0.39 is 10.0 Å². The Bertz CT molecular complexity index is 775. The van der Waals surface area contributed by atoms with E-state index in [0.29, 0.717) is 12.1 Å². The number of rotatable bonds is 4. The van der Waals surface area contributed by atoms with Crippen LogP contribution in [0.2, 0.25) is 0 Å². The van der Waals surface area contributed by atoms with E-state index in [1.165, 1.54) is 23.5 Å². The van der Waals surface area contributed by atoms with Crippen molar-refractivity contribution in [1.29, 1.82) is 5.26 Å². The molecule has 0 bridgehead atoms. The van der Waals surface area contributed by atoms with Gasteiger partial charge in [0, 0.05) is 13.6 Å². The molecule has 0 aliphatic carbocycles. The fourth-order valence-corrected chi connectivity index (χ4v) is 3.15. The van der Waals surface area contributed by atoms with Crippen LogP contribution in [0, 0.1) is 18.3 Å². The van der Waals surface area contributed by atoms with Gasteiger partial charge >= 0.3 is 0 Å². The fourth-order valence-electron chi connectivity index (χ4n) is 1.94. The lowest BCUT2D eigenvalue weighted by Crippen LogP contribution is -2.26. The molecule has 0 N–H and O–H groups in total. The Balaban J connectivity index is 2.26. The average Bonchev–Trinajstić information content (AvgIpc) is 2.49. The third-order valence-electron chi connectivity index (χ3n) is 3.20. The Hall–Kier alpha value is -2.16. The minimum absolute atomic E-state index is 0.135. The summed E-state index contributed by atoms with van der Waals surface area (Å²) in [4.78, 5) is 0.135. The highest BCUT2D eigenvalue weighted by Gasteiger charge is 2.21. The highest BCUT2D eigenvalue weighted by atomic mass is 32.2. The quantitative estimate of drug-likeness (QED) is 0.872. The molecule has 0 spiro atoms. The molecule has 0 fully saturated rings. The van der Waals surface area contributed by atoms with Crippen molar-refractivity contribution in [1.82, 2.24) is 4.31 Å². The molecule has 0 aliphatic rings. The van der Waals surface area contributed by atoms with Gasteiger partial charge in [-0.1, -0.05) is 35.9 Å². The van der Waals surface area contributed by atoms with Crippen LogP contribution in [0.15, 0.2) is 53.4 Å². The van der Waals surface area contributed by atoms with Crippen molar-refractivity contribution in [2.24, 2.45) is 0 Å².